The van der Waals surface area contributed by atoms with E-state index in [-0.39, 0.29) is 12.6 Å². The van der Waals surface area contributed by atoms with Crippen molar-refractivity contribution in [3.63, 3.8) is 0 Å². The molecule has 5 nitrogen and oxygen atoms in total. The topological polar surface area (TPSA) is 104 Å². The molecule has 7 heteroatoms. The average Bonchev–Trinajstić information content (AvgIpc) is 1.84. The lowest BCUT2D eigenvalue weighted by Gasteiger charge is -2.08. The molecule has 5 N–H and O–H groups in total. The maximum absolute atomic E-state index is 10.2. The molecule has 72 valence electrons. The molecule has 0 saturated heterocycles. The van der Waals surface area contributed by atoms with Gasteiger partial charge in [-0.2, -0.15) is 0 Å². The van der Waals surface area contributed by atoms with E-state index in [0.717, 1.165) is 0 Å². The summed E-state index contributed by atoms with van der Waals surface area (Å²) in [7, 11) is 0. The van der Waals surface area contributed by atoms with Gasteiger partial charge < -0.3 is 20.6 Å². The first kappa shape index (κ1) is 12.0. The molecular weight excluding hydrogens is 201 g/mol. The van der Waals surface area contributed by atoms with Gasteiger partial charge in [0.15, 0.2) is 6.49 Å². The molecule has 0 saturated carbocycles. The predicted molar refractivity (Wildman–Crippen MR) is 48.4 cm³/mol. The first-order valence-electron chi connectivity index (χ1n) is 3.36. The standard InChI is InChI=1S/C5H12NO4PS/c6-4(5(7)8)2-1-3-11(9,10)12/h4H,1-3,6H2,(H,7,8)(H2,9,10,12)/t4-/m0/s1. The average molecular weight is 213 g/mol. The minimum absolute atomic E-state index is 0.0588. The number of nitrogens with two attached hydrogens (primary N) is 1. The van der Waals surface area contributed by atoms with Gasteiger partial charge in [-0.15, -0.1) is 0 Å². The van der Waals surface area contributed by atoms with Crippen LogP contribution < -0.4 is 5.73 Å². The van der Waals surface area contributed by atoms with Crippen LogP contribution in [0.1, 0.15) is 12.8 Å². The highest BCUT2D eigenvalue weighted by molar-refractivity contribution is 8.09. The molecule has 0 aliphatic heterocycles. The zero-order valence-electron chi connectivity index (χ0n) is 6.38. The third kappa shape index (κ3) is 6.69. The first-order chi connectivity index (χ1) is 5.33. The van der Waals surface area contributed by atoms with Gasteiger partial charge in [-0.25, -0.2) is 0 Å². The molecule has 0 unspecified atom stereocenters. The van der Waals surface area contributed by atoms with Crippen molar-refractivity contribution in [2.75, 3.05) is 6.16 Å². The number of carboxylic acid groups (broad SMARTS) is 1. The van der Waals surface area contributed by atoms with Crippen LogP contribution in [0.4, 0.5) is 0 Å². The summed E-state index contributed by atoms with van der Waals surface area (Å²) in [6.45, 7) is -3.17. The van der Waals surface area contributed by atoms with Gasteiger partial charge in [0.1, 0.15) is 6.04 Å². The van der Waals surface area contributed by atoms with E-state index in [1.54, 1.807) is 0 Å². The number of aliphatic carboxylic acids is 1. The molecule has 0 aromatic carbocycles. The van der Waals surface area contributed by atoms with Gasteiger partial charge >= 0.3 is 5.97 Å². The van der Waals surface area contributed by atoms with E-state index in [9.17, 15) is 4.79 Å². The van der Waals surface area contributed by atoms with E-state index in [1.165, 1.54) is 0 Å². The van der Waals surface area contributed by atoms with Gasteiger partial charge in [-0.05, 0) is 24.6 Å². The van der Waals surface area contributed by atoms with Crippen molar-refractivity contribution in [3.8, 4) is 0 Å². The summed E-state index contributed by atoms with van der Waals surface area (Å²) in [5, 5.41) is 8.34. The molecule has 0 bridgehead atoms. The second-order valence-electron chi connectivity index (χ2n) is 2.48. The van der Waals surface area contributed by atoms with Crippen molar-refractivity contribution >= 4 is 24.3 Å². The fourth-order valence-electron chi connectivity index (χ4n) is 0.641. The Bertz CT molecular complexity index is 204. The lowest BCUT2D eigenvalue weighted by molar-refractivity contribution is -0.138. The summed E-state index contributed by atoms with van der Waals surface area (Å²) in [5.41, 5.74) is 5.16. The summed E-state index contributed by atoms with van der Waals surface area (Å²) in [4.78, 5) is 27.7. The predicted octanol–water partition coefficient (Wildman–Crippen LogP) is -0.527. The normalized spacial score (nSPS) is 14.2. The highest BCUT2D eigenvalue weighted by atomic mass is 32.5. The van der Waals surface area contributed by atoms with Crippen LogP contribution in [0.25, 0.3) is 0 Å². The Hall–Kier alpha value is 0. The molecule has 0 radical (unpaired) electrons. The van der Waals surface area contributed by atoms with E-state index >= 15 is 0 Å². The first-order valence-corrected chi connectivity index (χ1v) is 6.25. The second-order valence-corrected chi connectivity index (χ2v) is 6.01. The van der Waals surface area contributed by atoms with Gasteiger partial charge in [0.2, 0.25) is 0 Å². The van der Waals surface area contributed by atoms with Crippen molar-refractivity contribution in [2.24, 2.45) is 5.73 Å². The Kier molecular flexibility index (Phi) is 4.89. The zero-order chi connectivity index (χ0) is 9.78. The third-order valence-corrected chi connectivity index (χ3v) is 2.73. The van der Waals surface area contributed by atoms with Gasteiger partial charge in [-0.1, -0.05) is 0 Å². The molecule has 0 aromatic heterocycles. The Morgan fingerprint density at radius 3 is 2.42 bits per heavy atom. The smallest absolute Gasteiger partial charge is 0.320 e. The van der Waals surface area contributed by atoms with Crippen molar-refractivity contribution in [2.45, 2.75) is 18.9 Å². The van der Waals surface area contributed by atoms with Gasteiger partial charge in [-0.3, -0.25) is 4.79 Å². The Morgan fingerprint density at radius 2 is 2.08 bits per heavy atom. The molecule has 0 heterocycles. The summed E-state index contributed by atoms with van der Waals surface area (Å²) < 4.78 is 0. The molecule has 1 atom stereocenters. The highest BCUT2D eigenvalue weighted by Crippen LogP contribution is 2.35. The largest absolute Gasteiger partial charge is 0.480 e. The van der Waals surface area contributed by atoms with Crippen molar-refractivity contribution < 1.29 is 19.7 Å². The van der Waals surface area contributed by atoms with Gasteiger partial charge in [0.25, 0.3) is 0 Å². The Morgan fingerprint density at radius 1 is 1.58 bits per heavy atom. The lowest BCUT2D eigenvalue weighted by atomic mass is 10.2. The monoisotopic (exact) mass is 213 g/mol. The van der Waals surface area contributed by atoms with Crippen LogP contribution in [-0.2, 0) is 16.6 Å². The van der Waals surface area contributed by atoms with Gasteiger partial charge in [0, 0.05) is 6.16 Å². The van der Waals surface area contributed by atoms with Crippen molar-refractivity contribution in [3.05, 3.63) is 0 Å². The number of carboxylic acids is 1. The lowest BCUT2D eigenvalue weighted by Crippen LogP contribution is -2.29. The van der Waals surface area contributed by atoms with E-state index < -0.39 is 18.5 Å². The molecule has 0 rings (SSSR count). The third-order valence-electron chi connectivity index (χ3n) is 1.28. The minimum Gasteiger partial charge on any atom is -0.480 e. The maximum atomic E-state index is 10.2. The number of hydrogen-bond acceptors (Lipinski definition) is 3. The van der Waals surface area contributed by atoms with Crippen LogP contribution >= 0.6 is 6.49 Å². The van der Waals surface area contributed by atoms with Crippen LogP contribution in [0.15, 0.2) is 0 Å². The number of rotatable bonds is 5. The SMILES string of the molecule is N[C@@H](CCCP(O)(O)=S)C(=O)O. The molecule has 0 aliphatic carbocycles. The Labute approximate surface area is 75.4 Å². The summed E-state index contributed by atoms with van der Waals surface area (Å²) in [6, 6.07) is -0.938. The molecule has 0 amide bonds. The fraction of sp³-hybridized carbons (Fsp3) is 0.800. The number of hydrogen-bond donors (Lipinski definition) is 4. The van der Waals surface area contributed by atoms with E-state index in [2.05, 4.69) is 11.8 Å². The maximum Gasteiger partial charge on any atom is 0.320 e. The molecular formula is C5H12NO4PS. The van der Waals surface area contributed by atoms with E-state index in [4.69, 9.17) is 20.6 Å². The molecule has 0 aliphatic rings. The second kappa shape index (κ2) is 4.89. The fourth-order valence-corrected chi connectivity index (χ4v) is 1.62. The van der Waals surface area contributed by atoms with Crippen LogP contribution in [0.2, 0.25) is 0 Å². The van der Waals surface area contributed by atoms with Gasteiger partial charge in [0.05, 0.1) is 0 Å². The minimum atomic E-state index is -3.17. The molecule has 0 fully saturated rings. The molecule has 0 spiro atoms. The van der Waals surface area contributed by atoms with Crippen LogP contribution in [0.5, 0.6) is 0 Å². The van der Waals surface area contributed by atoms with Crippen molar-refractivity contribution in [1.29, 1.82) is 0 Å². The summed E-state index contributed by atoms with van der Waals surface area (Å²) in [6.07, 6.45) is 0.607. The van der Waals surface area contributed by atoms with Crippen molar-refractivity contribution in [1.82, 2.24) is 0 Å². The summed E-state index contributed by atoms with van der Waals surface area (Å²) >= 11 is 4.34. The zero-order valence-corrected chi connectivity index (χ0v) is 8.09. The molecule has 0 aromatic rings. The quantitative estimate of drug-likeness (QED) is 0.458. The molecule has 12 heavy (non-hydrogen) atoms. The van der Waals surface area contributed by atoms with E-state index in [0.29, 0.717) is 6.42 Å². The number of carbonyl (C=O) groups is 1. The highest BCUT2D eigenvalue weighted by Gasteiger charge is 2.13. The Balaban J connectivity index is 3.58. The van der Waals surface area contributed by atoms with Crippen LogP contribution in [-0.4, -0.2) is 33.1 Å². The van der Waals surface area contributed by atoms with Crippen LogP contribution in [0.3, 0.4) is 0 Å². The summed E-state index contributed by atoms with van der Waals surface area (Å²) in [5.74, 6) is -1.08. The van der Waals surface area contributed by atoms with Crippen LogP contribution in [0, 0.1) is 0 Å². The van der Waals surface area contributed by atoms with E-state index in [1.807, 2.05) is 0 Å².